The van der Waals surface area contributed by atoms with Gasteiger partial charge in [-0.05, 0) is 43.3 Å². The van der Waals surface area contributed by atoms with Crippen LogP contribution in [0.3, 0.4) is 0 Å². The van der Waals surface area contributed by atoms with E-state index in [1.165, 1.54) is 6.07 Å². The van der Waals surface area contributed by atoms with Crippen molar-refractivity contribution < 1.29 is 26.0 Å². The molecule has 2 bridgehead atoms. The summed E-state index contributed by atoms with van der Waals surface area (Å²) >= 11 is 1.15. The Morgan fingerprint density at radius 2 is 2.00 bits per heavy atom. The summed E-state index contributed by atoms with van der Waals surface area (Å²) in [7, 11) is -3.78. The quantitative estimate of drug-likeness (QED) is 0.567. The van der Waals surface area contributed by atoms with Crippen LogP contribution in [-0.4, -0.2) is 55.7 Å². The van der Waals surface area contributed by atoms with Gasteiger partial charge in [0, 0.05) is 18.5 Å². The molecule has 2 saturated heterocycles. The molecular formula is C17H18F4N4O2S2. The van der Waals surface area contributed by atoms with Gasteiger partial charge in [-0.25, -0.2) is 17.8 Å². The van der Waals surface area contributed by atoms with E-state index < -0.39 is 40.1 Å². The van der Waals surface area contributed by atoms with E-state index in [2.05, 4.69) is 9.71 Å². The predicted molar refractivity (Wildman–Crippen MR) is 101 cm³/mol. The minimum absolute atomic E-state index is 0.0487. The molecule has 1 aromatic carbocycles. The fraction of sp³-hybridized carbons (Fsp3) is 0.588. The van der Waals surface area contributed by atoms with E-state index in [0.29, 0.717) is 16.4 Å². The molecule has 0 aromatic heterocycles. The fourth-order valence-corrected chi connectivity index (χ4v) is 6.53. The third-order valence-corrected chi connectivity index (χ3v) is 7.97. The number of hydrogen-bond donors (Lipinski definition) is 1. The van der Waals surface area contributed by atoms with Crippen molar-refractivity contribution >= 4 is 39.2 Å². The molecule has 3 fully saturated rings. The van der Waals surface area contributed by atoms with E-state index in [9.17, 15) is 26.0 Å². The number of rotatable bonds is 3. The molecule has 1 aliphatic carbocycles. The number of sulfonamides is 1. The number of alkyl halides is 3. The molecule has 1 N–H and O–H groups in total. The summed E-state index contributed by atoms with van der Waals surface area (Å²) < 4.78 is 84.4. The van der Waals surface area contributed by atoms with Crippen molar-refractivity contribution in [2.24, 2.45) is 10.9 Å². The molecule has 12 heteroatoms. The van der Waals surface area contributed by atoms with Gasteiger partial charge in [0.25, 0.3) is 0 Å². The highest BCUT2D eigenvalue weighted by Crippen LogP contribution is 2.51. The summed E-state index contributed by atoms with van der Waals surface area (Å²) in [5, 5.41) is 0. The molecule has 0 spiro atoms. The monoisotopic (exact) mass is 450 g/mol. The normalized spacial score (nSPS) is 29.6. The number of aliphatic imine (C=N–C) groups is 1. The number of amidine groups is 1. The maximum absolute atomic E-state index is 14.3. The third-order valence-electron chi connectivity index (χ3n) is 5.85. The minimum Gasteiger partial charge on any atom is -0.352 e. The van der Waals surface area contributed by atoms with Gasteiger partial charge in [0.15, 0.2) is 0 Å². The van der Waals surface area contributed by atoms with Gasteiger partial charge in [-0.2, -0.15) is 17.5 Å². The van der Waals surface area contributed by atoms with Crippen molar-refractivity contribution in [1.82, 2.24) is 9.03 Å². The smallest absolute Gasteiger partial charge is 0.352 e. The highest BCUT2D eigenvalue weighted by atomic mass is 32.2. The summed E-state index contributed by atoms with van der Waals surface area (Å²) in [5.74, 6) is 0.297. The number of benzene rings is 1. The first-order chi connectivity index (χ1) is 13.5. The molecule has 5 rings (SSSR count). The lowest BCUT2D eigenvalue weighted by Crippen LogP contribution is -2.60. The van der Waals surface area contributed by atoms with E-state index in [0.717, 1.165) is 46.3 Å². The zero-order valence-electron chi connectivity index (χ0n) is 15.3. The van der Waals surface area contributed by atoms with Crippen molar-refractivity contribution in [2.75, 3.05) is 17.7 Å². The van der Waals surface area contributed by atoms with Crippen molar-refractivity contribution in [3.8, 4) is 0 Å². The molecule has 158 valence electrons. The van der Waals surface area contributed by atoms with E-state index in [1.54, 1.807) is 0 Å². The van der Waals surface area contributed by atoms with Gasteiger partial charge in [-0.3, -0.25) is 0 Å². The Hall–Kier alpha value is -1.53. The highest BCUT2D eigenvalue weighted by molar-refractivity contribution is 7.98. The van der Waals surface area contributed by atoms with E-state index in [1.807, 2.05) is 0 Å². The van der Waals surface area contributed by atoms with Crippen molar-refractivity contribution in [3.05, 3.63) is 17.9 Å². The Balaban J connectivity index is 1.62. The van der Waals surface area contributed by atoms with Crippen LogP contribution in [0, 0.1) is 11.7 Å². The van der Waals surface area contributed by atoms with Gasteiger partial charge >= 0.3 is 6.18 Å². The number of nitrogens with zero attached hydrogens (tertiary/aromatic N) is 3. The Morgan fingerprint density at radius 1 is 1.28 bits per heavy atom. The second-order valence-electron chi connectivity index (χ2n) is 7.93. The number of hydrogen-bond acceptors (Lipinski definition) is 6. The lowest BCUT2D eigenvalue weighted by Gasteiger charge is -2.42. The first-order valence-electron chi connectivity index (χ1n) is 9.21. The number of halogens is 4. The van der Waals surface area contributed by atoms with Crippen LogP contribution in [0.5, 0.6) is 0 Å². The van der Waals surface area contributed by atoms with E-state index in [4.69, 9.17) is 0 Å². The van der Waals surface area contributed by atoms with Crippen molar-refractivity contribution in [3.63, 3.8) is 0 Å². The number of piperazine rings is 1. The van der Waals surface area contributed by atoms with Crippen molar-refractivity contribution in [2.45, 2.75) is 48.5 Å². The molecule has 3 heterocycles. The van der Waals surface area contributed by atoms with Crippen LogP contribution < -0.4 is 9.62 Å². The summed E-state index contributed by atoms with van der Waals surface area (Å²) in [6, 6.07) is -1.62. The Morgan fingerprint density at radius 3 is 2.62 bits per heavy atom. The maximum atomic E-state index is 14.3. The zero-order chi connectivity index (χ0) is 20.7. The summed E-state index contributed by atoms with van der Waals surface area (Å²) in [5.41, 5.74) is 0.403. The molecule has 0 radical (unpaired) electrons. The topological polar surface area (TPSA) is 65.0 Å². The second kappa shape index (κ2) is 6.24. The molecule has 4 aliphatic rings. The Labute approximate surface area is 169 Å². The largest absolute Gasteiger partial charge is 0.410 e. The van der Waals surface area contributed by atoms with Crippen LogP contribution >= 0.6 is 11.9 Å². The van der Waals surface area contributed by atoms with Gasteiger partial charge in [0.2, 0.25) is 10.0 Å². The molecule has 3 aliphatic heterocycles. The average Bonchev–Trinajstić information content (AvgIpc) is 3.27. The standard InChI is InChI=1S/C17H18F4N4O2S2/c1-29(26,27)24-7-10-6-12(24)15(17(19,20)21)25(10)11-4-9(18)5-13-14(11)22-16(23-28-13)8-2-3-8/h4-5,8,10,12,15H,2-3,6-7H2,1H3,(H,22,23)/t10-,12-,15-/m0/s1. The first kappa shape index (κ1) is 19.4. The number of nitrogens with one attached hydrogen (secondary N) is 1. The van der Waals surface area contributed by atoms with Crippen LogP contribution in [0.2, 0.25) is 0 Å². The minimum atomic E-state index is -4.68. The summed E-state index contributed by atoms with van der Waals surface area (Å²) in [4.78, 5) is 6.11. The van der Waals surface area contributed by atoms with Gasteiger partial charge in [-0.1, -0.05) is 0 Å². The van der Waals surface area contributed by atoms with Crippen LogP contribution in [0.1, 0.15) is 19.3 Å². The molecule has 3 atom stereocenters. The van der Waals surface area contributed by atoms with E-state index in [-0.39, 0.29) is 24.6 Å². The van der Waals surface area contributed by atoms with Crippen LogP contribution in [0.4, 0.5) is 28.9 Å². The fourth-order valence-electron chi connectivity index (χ4n) is 4.55. The third kappa shape index (κ3) is 3.19. The van der Waals surface area contributed by atoms with Gasteiger partial charge < -0.3 is 9.62 Å². The van der Waals surface area contributed by atoms with Gasteiger partial charge in [-0.15, -0.1) is 0 Å². The SMILES string of the molecule is CS(=O)(=O)N1C[C@@H]2C[C@H]1[C@@H](C(F)(F)F)N2c1cc(F)cc2c1N=C(C1CC1)NS2. The molecule has 0 unspecified atom stereocenters. The lowest BCUT2D eigenvalue weighted by atomic mass is 10.1. The first-order valence-corrected chi connectivity index (χ1v) is 11.9. The molecular weight excluding hydrogens is 432 g/mol. The number of fused-ring (bicyclic) bond motifs is 3. The van der Waals surface area contributed by atoms with Crippen LogP contribution in [-0.2, 0) is 10.0 Å². The molecule has 6 nitrogen and oxygen atoms in total. The average molecular weight is 450 g/mol. The van der Waals surface area contributed by atoms with Gasteiger partial charge in [0.05, 0.1) is 22.9 Å². The number of anilines is 1. The van der Waals surface area contributed by atoms with Crippen LogP contribution in [0.15, 0.2) is 22.0 Å². The molecule has 1 saturated carbocycles. The molecule has 0 amide bonds. The van der Waals surface area contributed by atoms with Crippen LogP contribution in [0.25, 0.3) is 0 Å². The lowest BCUT2D eigenvalue weighted by molar-refractivity contribution is -0.156. The highest BCUT2D eigenvalue weighted by Gasteiger charge is 2.63. The Bertz CT molecular complexity index is 1010. The molecule has 1 aromatic rings. The van der Waals surface area contributed by atoms with E-state index >= 15 is 0 Å². The Kier molecular flexibility index (Phi) is 4.18. The van der Waals surface area contributed by atoms with Gasteiger partial charge in [0.1, 0.15) is 23.4 Å². The second-order valence-corrected chi connectivity index (χ2v) is 10.7. The zero-order valence-corrected chi connectivity index (χ0v) is 16.9. The molecule has 29 heavy (non-hydrogen) atoms. The van der Waals surface area contributed by atoms with Crippen molar-refractivity contribution in [1.29, 1.82) is 0 Å². The summed E-state index contributed by atoms with van der Waals surface area (Å²) in [6.45, 7) is -0.0496. The predicted octanol–water partition coefficient (Wildman–Crippen LogP) is 3.03. The maximum Gasteiger partial charge on any atom is 0.410 e. The summed E-state index contributed by atoms with van der Waals surface area (Å²) in [6.07, 6.45) is -1.79.